The van der Waals surface area contributed by atoms with Crippen molar-refractivity contribution in [2.24, 2.45) is 0 Å². The van der Waals surface area contributed by atoms with E-state index in [-0.39, 0.29) is 0 Å². The smallest absolute Gasteiger partial charge is 0.119 e. The molecule has 1 aliphatic rings. The maximum absolute atomic E-state index is 5.91. The van der Waals surface area contributed by atoms with Crippen LogP contribution >= 0.6 is 0 Å². The fourth-order valence-corrected chi connectivity index (χ4v) is 3.87. The second-order valence-corrected chi connectivity index (χ2v) is 7.58. The van der Waals surface area contributed by atoms with Gasteiger partial charge in [0.2, 0.25) is 0 Å². The molecule has 0 spiro atoms. The summed E-state index contributed by atoms with van der Waals surface area (Å²) in [4.78, 5) is 0. The van der Waals surface area contributed by atoms with Crippen LogP contribution in [0.1, 0.15) is 108 Å². The molecule has 0 heterocycles. The van der Waals surface area contributed by atoms with E-state index in [4.69, 9.17) is 4.74 Å². The van der Waals surface area contributed by atoms with Crippen LogP contribution in [0, 0.1) is 0 Å². The molecular weight excluding hydrogens is 292 g/mol. The average molecular weight is 331 g/mol. The van der Waals surface area contributed by atoms with Crippen molar-refractivity contribution in [3.05, 3.63) is 29.8 Å². The lowest BCUT2D eigenvalue weighted by Gasteiger charge is -2.22. The molecule has 0 aromatic heterocycles. The molecule has 0 atom stereocenters. The number of ether oxygens (including phenoxy) is 1. The van der Waals surface area contributed by atoms with Gasteiger partial charge in [-0.1, -0.05) is 89.7 Å². The highest BCUT2D eigenvalue weighted by molar-refractivity contribution is 5.29. The van der Waals surface area contributed by atoms with Gasteiger partial charge in [0.05, 0.1) is 6.61 Å². The summed E-state index contributed by atoms with van der Waals surface area (Å²) < 4.78 is 5.91. The van der Waals surface area contributed by atoms with Gasteiger partial charge < -0.3 is 4.74 Å². The summed E-state index contributed by atoms with van der Waals surface area (Å²) in [5.41, 5.74) is 1.52. The van der Waals surface area contributed by atoms with Crippen molar-refractivity contribution in [1.29, 1.82) is 0 Å². The molecule has 1 aliphatic carbocycles. The molecule has 1 heteroatoms. The fraction of sp³-hybridized carbons (Fsp3) is 0.739. The van der Waals surface area contributed by atoms with Crippen molar-refractivity contribution in [3.8, 4) is 5.75 Å². The lowest BCUT2D eigenvalue weighted by molar-refractivity contribution is 0.304. The molecule has 1 saturated carbocycles. The van der Waals surface area contributed by atoms with Gasteiger partial charge in [-0.15, -0.1) is 0 Å². The van der Waals surface area contributed by atoms with Gasteiger partial charge >= 0.3 is 0 Å². The van der Waals surface area contributed by atoms with Crippen molar-refractivity contribution in [1.82, 2.24) is 0 Å². The highest BCUT2D eigenvalue weighted by Crippen LogP contribution is 2.33. The predicted molar refractivity (Wildman–Crippen MR) is 105 cm³/mol. The zero-order valence-electron chi connectivity index (χ0n) is 15.9. The predicted octanol–water partition coefficient (Wildman–Crippen LogP) is 7.64. The molecule has 0 unspecified atom stereocenters. The lowest BCUT2D eigenvalue weighted by Crippen LogP contribution is -2.04. The molecule has 0 amide bonds. The first-order chi connectivity index (χ1) is 11.9. The Morgan fingerprint density at radius 2 is 1.33 bits per heavy atom. The molecule has 1 aromatic rings. The van der Waals surface area contributed by atoms with Crippen molar-refractivity contribution in [2.75, 3.05) is 6.61 Å². The van der Waals surface area contributed by atoms with Crippen molar-refractivity contribution >= 4 is 0 Å². The number of benzene rings is 1. The average Bonchev–Trinajstić information content (AvgIpc) is 2.64. The molecule has 0 radical (unpaired) electrons. The van der Waals surface area contributed by atoms with Gasteiger partial charge in [0.25, 0.3) is 0 Å². The minimum Gasteiger partial charge on any atom is -0.494 e. The van der Waals surface area contributed by atoms with Crippen LogP contribution in [0.3, 0.4) is 0 Å². The van der Waals surface area contributed by atoms with Gasteiger partial charge in [-0.05, 0) is 42.9 Å². The summed E-state index contributed by atoms with van der Waals surface area (Å²) in [6.07, 6.45) is 19.3. The van der Waals surface area contributed by atoms with Crippen molar-refractivity contribution < 1.29 is 4.74 Å². The van der Waals surface area contributed by atoms with Gasteiger partial charge in [0.1, 0.15) is 5.75 Å². The minimum absolute atomic E-state index is 0.796. The highest BCUT2D eigenvalue weighted by Gasteiger charge is 2.15. The summed E-state index contributed by atoms with van der Waals surface area (Å²) in [6, 6.07) is 8.94. The summed E-state index contributed by atoms with van der Waals surface area (Å²) >= 11 is 0. The van der Waals surface area contributed by atoms with Crippen LogP contribution in [0.15, 0.2) is 24.3 Å². The molecule has 2 rings (SSSR count). The molecular formula is C23H38O. The number of hydrogen-bond donors (Lipinski definition) is 0. The monoisotopic (exact) mass is 330 g/mol. The maximum Gasteiger partial charge on any atom is 0.119 e. The first-order valence-corrected chi connectivity index (χ1v) is 10.6. The Balaban J connectivity index is 1.50. The third kappa shape index (κ3) is 7.73. The molecule has 136 valence electrons. The third-order valence-corrected chi connectivity index (χ3v) is 5.47. The molecule has 1 aromatic carbocycles. The molecule has 1 nitrogen and oxygen atoms in total. The zero-order valence-corrected chi connectivity index (χ0v) is 15.9. The summed E-state index contributed by atoms with van der Waals surface area (Å²) in [7, 11) is 0. The van der Waals surface area contributed by atoms with E-state index in [1.54, 1.807) is 0 Å². The van der Waals surface area contributed by atoms with E-state index in [0.29, 0.717) is 0 Å². The molecule has 24 heavy (non-hydrogen) atoms. The fourth-order valence-electron chi connectivity index (χ4n) is 3.87. The quantitative estimate of drug-likeness (QED) is 0.358. The van der Waals surface area contributed by atoms with Crippen LogP contribution in [0.25, 0.3) is 0 Å². The van der Waals surface area contributed by atoms with Crippen LogP contribution in [0.4, 0.5) is 0 Å². The Morgan fingerprint density at radius 1 is 0.750 bits per heavy atom. The van der Waals surface area contributed by atoms with Crippen LogP contribution in [-0.2, 0) is 0 Å². The maximum atomic E-state index is 5.91. The van der Waals surface area contributed by atoms with E-state index in [0.717, 1.165) is 18.3 Å². The number of rotatable bonds is 12. The Labute approximate surface area is 150 Å². The summed E-state index contributed by atoms with van der Waals surface area (Å²) in [5.74, 6) is 1.85. The largest absolute Gasteiger partial charge is 0.494 e. The summed E-state index contributed by atoms with van der Waals surface area (Å²) in [6.45, 7) is 3.15. The van der Waals surface area contributed by atoms with E-state index in [1.807, 2.05) is 0 Å². The van der Waals surface area contributed by atoms with Gasteiger partial charge in [-0.25, -0.2) is 0 Å². The van der Waals surface area contributed by atoms with Crippen LogP contribution in [0.2, 0.25) is 0 Å². The normalized spacial score (nSPS) is 15.5. The first kappa shape index (κ1) is 19.3. The first-order valence-electron chi connectivity index (χ1n) is 10.6. The molecule has 0 saturated heterocycles. The Morgan fingerprint density at radius 3 is 1.96 bits per heavy atom. The van der Waals surface area contributed by atoms with Crippen LogP contribution in [0.5, 0.6) is 5.75 Å². The van der Waals surface area contributed by atoms with Gasteiger partial charge in [0.15, 0.2) is 0 Å². The number of hydrogen-bond acceptors (Lipinski definition) is 1. The van der Waals surface area contributed by atoms with Gasteiger partial charge in [-0.3, -0.25) is 0 Å². The van der Waals surface area contributed by atoms with Crippen LogP contribution < -0.4 is 4.74 Å². The molecule has 0 N–H and O–H groups in total. The standard InChI is InChI=1S/C23H38O/c1-2-3-4-5-6-7-8-9-13-20-24-23-18-16-22(17-19-23)21-14-11-10-12-15-21/h16-19,21H,2-15,20H2,1H3. The highest BCUT2D eigenvalue weighted by atomic mass is 16.5. The molecule has 0 aliphatic heterocycles. The van der Waals surface area contributed by atoms with Crippen LogP contribution in [-0.4, -0.2) is 6.61 Å². The third-order valence-electron chi connectivity index (χ3n) is 5.47. The second kappa shape index (κ2) is 12.4. The summed E-state index contributed by atoms with van der Waals surface area (Å²) in [5, 5.41) is 0. The molecule has 1 fully saturated rings. The van der Waals surface area contributed by atoms with E-state index in [2.05, 4.69) is 31.2 Å². The van der Waals surface area contributed by atoms with Crippen molar-refractivity contribution in [3.63, 3.8) is 0 Å². The SMILES string of the molecule is CCCCCCCCCCCOc1ccc(C2CCCCC2)cc1. The van der Waals surface area contributed by atoms with Crippen molar-refractivity contribution in [2.45, 2.75) is 103 Å². The van der Waals surface area contributed by atoms with E-state index < -0.39 is 0 Å². The second-order valence-electron chi connectivity index (χ2n) is 7.58. The van der Waals surface area contributed by atoms with E-state index in [1.165, 1.54) is 95.5 Å². The number of unbranched alkanes of at least 4 members (excludes halogenated alkanes) is 8. The Kier molecular flexibility index (Phi) is 9.99. The van der Waals surface area contributed by atoms with Gasteiger partial charge in [0, 0.05) is 0 Å². The minimum atomic E-state index is 0.796. The van der Waals surface area contributed by atoms with E-state index >= 15 is 0 Å². The van der Waals surface area contributed by atoms with E-state index in [9.17, 15) is 0 Å². The lowest BCUT2D eigenvalue weighted by atomic mass is 9.84. The molecule has 0 bridgehead atoms. The van der Waals surface area contributed by atoms with Gasteiger partial charge in [-0.2, -0.15) is 0 Å². The topological polar surface area (TPSA) is 9.23 Å². The Bertz CT molecular complexity index is 403. The zero-order chi connectivity index (χ0) is 16.9. The Hall–Kier alpha value is -0.980.